The van der Waals surface area contributed by atoms with E-state index in [1.807, 2.05) is 26.0 Å². The predicted molar refractivity (Wildman–Crippen MR) is 78.6 cm³/mol. The molecule has 6 heteroatoms. The number of nitrogens with zero attached hydrogens (tertiary/aromatic N) is 3. The number of hydrogen-bond donors (Lipinski definition) is 2. The zero-order valence-corrected chi connectivity index (χ0v) is 13.2. The molecule has 0 amide bonds. The number of aromatic nitrogens is 2. The van der Waals surface area contributed by atoms with Crippen LogP contribution in [-0.2, 0) is 13.6 Å². The Morgan fingerprint density at radius 2 is 2.05 bits per heavy atom. The van der Waals surface area contributed by atoms with Gasteiger partial charge in [-0.15, -0.1) is 0 Å². The molecule has 1 heterocycles. The minimum Gasteiger partial charge on any atom is -0.390 e. The highest BCUT2D eigenvalue weighted by Gasteiger charge is 2.17. The largest absolute Gasteiger partial charge is 0.390 e. The summed E-state index contributed by atoms with van der Waals surface area (Å²) in [4.78, 5) is 1.96. The summed E-state index contributed by atoms with van der Waals surface area (Å²) >= 11 is 6.25. The Morgan fingerprint density at radius 3 is 2.58 bits per heavy atom. The van der Waals surface area contributed by atoms with Crippen molar-refractivity contribution >= 4 is 11.6 Å². The molecule has 0 fully saturated rings. The Balaban J connectivity index is 2.58. The van der Waals surface area contributed by atoms with Gasteiger partial charge in [-0.1, -0.05) is 25.4 Å². The molecule has 0 aliphatic heterocycles. The molecular weight excluding hydrogens is 264 g/mol. The van der Waals surface area contributed by atoms with E-state index in [1.54, 1.807) is 4.68 Å². The van der Waals surface area contributed by atoms with E-state index in [-0.39, 0.29) is 6.10 Å². The molecule has 5 nitrogen and oxygen atoms in total. The summed E-state index contributed by atoms with van der Waals surface area (Å²) in [7, 11) is 5.73. The first kappa shape index (κ1) is 16.4. The number of halogens is 1. The third-order valence-corrected chi connectivity index (χ3v) is 3.38. The van der Waals surface area contributed by atoms with Crippen molar-refractivity contribution in [2.45, 2.75) is 32.4 Å². The summed E-state index contributed by atoms with van der Waals surface area (Å²) < 4.78 is 1.70. The molecule has 19 heavy (non-hydrogen) atoms. The molecule has 0 aliphatic carbocycles. The molecule has 1 aromatic heterocycles. The van der Waals surface area contributed by atoms with E-state index < -0.39 is 0 Å². The molecule has 0 bridgehead atoms. The summed E-state index contributed by atoms with van der Waals surface area (Å²) in [5.41, 5.74) is 2.04. The van der Waals surface area contributed by atoms with Crippen LogP contribution in [0.2, 0.25) is 5.15 Å². The monoisotopic (exact) mass is 288 g/mol. The topological polar surface area (TPSA) is 53.3 Å². The van der Waals surface area contributed by atoms with Gasteiger partial charge in [0.15, 0.2) is 0 Å². The van der Waals surface area contributed by atoms with E-state index in [1.165, 1.54) is 0 Å². The number of nitrogens with one attached hydrogen (secondary N) is 1. The first-order valence-corrected chi connectivity index (χ1v) is 6.95. The van der Waals surface area contributed by atoms with Gasteiger partial charge in [0.25, 0.3) is 0 Å². The minimum atomic E-state index is -0.382. The molecule has 110 valence electrons. The van der Waals surface area contributed by atoms with Gasteiger partial charge in [-0.2, -0.15) is 5.10 Å². The lowest BCUT2D eigenvalue weighted by molar-refractivity contribution is 0.134. The summed E-state index contributed by atoms with van der Waals surface area (Å²) in [6.45, 7) is 6.02. The Hall–Kier alpha value is -0.620. The van der Waals surface area contributed by atoms with E-state index >= 15 is 0 Å². The number of rotatable bonds is 7. The normalized spacial score (nSPS) is 13.5. The third kappa shape index (κ3) is 4.76. The fourth-order valence-electron chi connectivity index (χ4n) is 2.04. The van der Waals surface area contributed by atoms with Crippen molar-refractivity contribution in [1.82, 2.24) is 20.0 Å². The van der Waals surface area contributed by atoms with Gasteiger partial charge < -0.3 is 15.3 Å². The second-order valence-electron chi connectivity index (χ2n) is 5.48. The van der Waals surface area contributed by atoms with Crippen LogP contribution in [0.15, 0.2) is 0 Å². The Bertz CT molecular complexity index is 404. The standard InChI is InChI=1S/C13H25ClN4O/c1-9(2)12-11(13(14)18(5)16-12)7-15-6-10(19)8-17(3)4/h9-10,15,19H,6-8H2,1-5H3. The Morgan fingerprint density at radius 1 is 1.42 bits per heavy atom. The number of aliphatic hydroxyl groups is 1. The van der Waals surface area contributed by atoms with Crippen molar-refractivity contribution < 1.29 is 5.11 Å². The number of hydrogen-bond acceptors (Lipinski definition) is 4. The molecule has 0 aliphatic rings. The molecule has 0 radical (unpaired) electrons. The van der Waals surface area contributed by atoms with Crippen molar-refractivity contribution in [2.24, 2.45) is 7.05 Å². The van der Waals surface area contributed by atoms with Crippen molar-refractivity contribution in [2.75, 3.05) is 27.2 Å². The van der Waals surface area contributed by atoms with Gasteiger partial charge in [-0.25, -0.2) is 0 Å². The van der Waals surface area contributed by atoms with Crippen LogP contribution in [0.3, 0.4) is 0 Å². The number of aliphatic hydroxyl groups excluding tert-OH is 1. The van der Waals surface area contributed by atoms with Crippen LogP contribution < -0.4 is 5.32 Å². The van der Waals surface area contributed by atoms with Gasteiger partial charge in [-0.3, -0.25) is 4.68 Å². The predicted octanol–water partition coefficient (Wildman–Crippen LogP) is 1.21. The molecule has 0 spiro atoms. The number of likely N-dealkylation sites (N-methyl/N-ethyl adjacent to an activating group) is 1. The summed E-state index contributed by atoms with van der Waals surface area (Å²) in [5.74, 6) is 0.335. The molecule has 1 rings (SSSR count). The van der Waals surface area contributed by atoms with Crippen LogP contribution >= 0.6 is 11.6 Å². The van der Waals surface area contributed by atoms with E-state index in [2.05, 4.69) is 24.3 Å². The summed E-state index contributed by atoms with van der Waals surface area (Å²) in [5, 5.41) is 18.1. The zero-order valence-electron chi connectivity index (χ0n) is 12.4. The zero-order chi connectivity index (χ0) is 14.6. The quantitative estimate of drug-likeness (QED) is 0.792. The van der Waals surface area contributed by atoms with Crippen LogP contribution in [0.25, 0.3) is 0 Å². The van der Waals surface area contributed by atoms with Crippen LogP contribution in [0.5, 0.6) is 0 Å². The molecule has 0 saturated heterocycles. The second kappa shape index (κ2) is 7.24. The molecule has 0 aromatic carbocycles. The van der Waals surface area contributed by atoms with Crippen molar-refractivity contribution in [1.29, 1.82) is 0 Å². The van der Waals surface area contributed by atoms with Crippen LogP contribution in [-0.4, -0.2) is 53.1 Å². The highest BCUT2D eigenvalue weighted by Crippen LogP contribution is 2.24. The van der Waals surface area contributed by atoms with Gasteiger partial charge in [-0.05, 0) is 20.0 Å². The molecule has 1 unspecified atom stereocenters. The van der Waals surface area contributed by atoms with Gasteiger partial charge in [0.05, 0.1) is 11.8 Å². The van der Waals surface area contributed by atoms with E-state index in [0.29, 0.717) is 30.7 Å². The fraction of sp³-hybridized carbons (Fsp3) is 0.769. The maximum Gasteiger partial charge on any atom is 0.131 e. The highest BCUT2D eigenvalue weighted by molar-refractivity contribution is 6.30. The second-order valence-corrected chi connectivity index (χ2v) is 5.84. The van der Waals surface area contributed by atoms with E-state index in [9.17, 15) is 5.11 Å². The first-order chi connectivity index (χ1) is 8.82. The molecule has 2 N–H and O–H groups in total. The average molecular weight is 289 g/mol. The van der Waals surface area contributed by atoms with Crippen LogP contribution in [0, 0.1) is 0 Å². The maximum atomic E-state index is 9.79. The SMILES string of the molecule is CC(C)c1nn(C)c(Cl)c1CNCC(O)CN(C)C. The van der Waals surface area contributed by atoms with Gasteiger partial charge in [0.2, 0.25) is 0 Å². The fourth-order valence-corrected chi connectivity index (χ4v) is 2.25. The number of aryl methyl sites for hydroxylation is 1. The lowest BCUT2D eigenvalue weighted by Crippen LogP contribution is -2.34. The van der Waals surface area contributed by atoms with E-state index in [0.717, 1.165) is 11.3 Å². The molecular formula is C13H25ClN4O. The summed E-state index contributed by atoms with van der Waals surface area (Å²) in [6, 6.07) is 0. The van der Waals surface area contributed by atoms with Crippen molar-refractivity contribution in [3.8, 4) is 0 Å². The van der Waals surface area contributed by atoms with Crippen molar-refractivity contribution in [3.05, 3.63) is 16.4 Å². The highest BCUT2D eigenvalue weighted by atomic mass is 35.5. The Kier molecular flexibility index (Phi) is 6.26. The minimum absolute atomic E-state index is 0.335. The van der Waals surface area contributed by atoms with E-state index in [4.69, 9.17) is 11.6 Å². The van der Waals surface area contributed by atoms with Gasteiger partial charge >= 0.3 is 0 Å². The third-order valence-electron chi connectivity index (χ3n) is 2.90. The van der Waals surface area contributed by atoms with Gasteiger partial charge in [0, 0.05) is 32.2 Å². The molecule has 0 saturated carbocycles. The maximum absolute atomic E-state index is 9.79. The molecule has 1 atom stereocenters. The van der Waals surface area contributed by atoms with Gasteiger partial charge in [0.1, 0.15) is 5.15 Å². The Labute approximate surface area is 120 Å². The van der Waals surface area contributed by atoms with Crippen LogP contribution in [0.4, 0.5) is 0 Å². The first-order valence-electron chi connectivity index (χ1n) is 6.57. The lowest BCUT2D eigenvalue weighted by atomic mass is 10.1. The van der Waals surface area contributed by atoms with Crippen molar-refractivity contribution in [3.63, 3.8) is 0 Å². The molecule has 1 aromatic rings. The summed E-state index contributed by atoms with van der Waals surface area (Å²) in [6.07, 6.45) is -0.382. The lowest BCUT2D eigenvalue weighted by Gasteiger charge is -2.16. The average Bonchev–Trinajstić information content (AvgIpc) is 2.56. The smallest absolute Gasteiger partial charge is 0.131 e. The van der Waals surface area contributed by atoms with Crippen LogP contribution in [0.1, 0.15) is 31.0 Å².